The van der Waals surface area contributed by atoms with Crippen LogP contribution in [0.4, 0.5) is 0 Å². The van der Waals surface area contributed by atoms with E-state index < -0.39 is 0 Å². The van der Waals surface area contributed by atoms with Gasteiger partial charge in [0.05, 0.1) is 0 Å². The number of hydrogen-bond acceptors (Lipinski definition) is 1. The third-order valence-electron chi connectivity index (χ3n) is 5.75. The Morgan fingerprint density at radius 3 is 2.00 bits per heavy atom. The van der Waals surface area contributed by atoms with Crippen molar-refractivity contribution in [3.05, 3.63) is 115 Å². The molecular formula is C29H19NSe. The first kappa shape index (κ1) is 18.3. The summed E-state index contributed by atoms with van der Waals surface area (Å²) in [5, 5.41) is 7.50. The fourth-order valence-electron chi connectivity index (χ4n) is 4.33. The summed E-state index contributed by atoms with van der Waals surface area (Å²) < 4.78 is 2.74. The molecule has 5 aromatic carbocycles. The maximum atomic E-state index is 4.99. The predicted octanol–water partition coefficient (Wildman–Crippen LogP) is 5.86. The van der Waals surface area contributed by atoms with Gasteiger partial charge in [-0.2, -0.15) is 0 Å². The Morgan fingerprint density at radius 2 is 1.16 bits per heavy atom. The summed E-state index contributed by atoms with van der Waals surface area (Å²) in [6.07, 6.45) is 1.95. The molecule has 31 heavy (non-hydrogen) atoms. The number of rotatable bonds is 3. The fourth-order valence-corrected chi connectivity index (χ4v) is 6.42. The van der Waals surface area contributed by atoms with Crippen LogP contribution < -0.4 is 8.92 Å². The van der Waals surface area contributed by atoms with Crippen molar-refractivity contribution < 1.29 is 0 Å². The van der Waals surface area contributed by atoms with Crippen LogP contribution in [0.25, 0.3) is 43.6 Å². The number of hydrogen-bond donors (Lipinski definition) is 0. The zero-order valence-electron chi connectivity index (χ0n) is 16.8. The van der Waals surface area contributed by atoms with E-state index in [1.165, 1.54) is 46.8 Å². The van der Waals surface area contributed by atoms with Crippen molar-refractivity contribution in [1.29, 1.82) is 0 Å². The third-order valence-corrected chi connectivity index (χ3v) is 8.00. The topological polar surface area (TPSA) is 12.9 Å². The molecule has 0 aliphatic carbocycles. The fraction of sp³-hybridized carbons (Fsp3) is 0. The monoisotopic (exact) mass is 461 g/mol. The molecule has 6 rings (SSSR count). The molecule has 0 aliphatic rings. The van der Waals surface area contributed by atoms with Crippen LogP contribution in [-0.2, 0) is 0 Å². The normalized spacial score (nSPS) is 11.4. The molecule has 0 unspecified atom stereocenters. The minimum atomic E-state index is 0.190. The van der Waals surface area contributed by atoms with Gasteiger partial charge in [0.25, 0.3) is 0 Å². The van der Waals surface area contributed by atoms with Crippen LogP contribution in [-0.4, -0.2) is 19.9 Å². The first-order valence-corrected chi connectivity index (χ1v) is 12.1. The summed E-state index contributed by atoms with van der Waals surface area (Å²) in [4.78, 5) is 4.99. The van der Waals surface area contributed by atoms with Crippen LogP contribution in [0, 0.1) is 0 Å². The molecule has 0 N–H and O–H groups in total. The van der Waals surface area contributed by atoms with Crippen molar-refractivity contribution in [1.82, 2.24) is 4.98 Å². The van der Waals surface area contributed by atoms with Crippen LogP contribution in [0.1, 0.15) is 0 Å². The summed E-state index contributed by atoms with van der Waals surface area (Å²) in [7, 11) is 0. The molecule has 0 saturated heterocycles. The van der Waals surface area contributed by atoms with Gasteiger partial charge in [0, 0.05) is 0 Å². The molecule has 1 aromatic heterocycles. The van der Waals surface area contributed by atoms with Gasteiger partial charge in [0.2, 0.25) is 0 Å². The van der Waals surface area contributed by atoms with E-state index in [0.29, 0.717) is 0 Å². The minimum absolute atomic E-state index is 0.190. The Bertz CT molecular complexity index is 1550. The standard InChI is InChI=1S/C29H19NSe/c1-2-10-23(11-3-1)31-26-17-16-21-9-5-7-13-25(21)28(26)29-27-22(18-19-30-29)15-14-20-8-4-6-12-24(20)27/h1-19H. The summed E-state index contributed by atoms with van der Waals surface area (Å²) in [5.41, 5.74) is 2.35. The van der Waals surface area contributed by atoms with Crippen molar-refractivity contribution in [2.24, 2.45) is 0 Å². The predicted molar refractivity (Wildman–Crippen MR) is 134 cm³/mol. The molecule has 146 valence electrons. The van der Waals surface area contributed by atoms with Crippen LogP contribution in [0.2, 0.25) is 0 Å². The SMILES string of the molecule is c1ccc([Se]c2ccc3ccccc3c2-c2nccc3ccc4ccccc4c23)cc1. The number of benzene rings is 5. The second-order valence-electron chi connectivity index (χ2n) is 7.62. The average Bonchev–Trinajstić information content (AvgIpc) is 2.84. The quantitative estimate of drug-likeness (QED) is 0.238. The van der Waals surface area contributed by atoms with E-state index in [-0.39, 0.29) is 15.0 Å². The van der Waals surface area contributed by atoms with E-state index in [1.54, 1.807) is 0 Å². The van der Waals surface area contributed by atoms with E-state index in [4.69, 9.17) is 4.98 Å². The zero-order chi connectivity index (χ0) is 20.6. The molecule has 1 nitrogen and oxygen atoms in total. The van der Waals surface area contributed by atoms with Gasteiger partial charge in [-0.3, -0.25) is 0 Å². The summed E-state index contributed by atoms with van der Waals surface area (Å²) in [5.74, 6) is 0. The third kappa shape index (κ3) is 3.21. The van der Waals surface area contributed by atoms with Crippen molar-refractivity contribution >= 4 is 56.2 Å². The molecule has 0 fully saturated rings. The molecule has 0 amide bonds. The Balaban J connectivity index is 1.72. The maximum absolute atomic E-state index is 4.99. The molecule has 0 spiro atoms. The summed E-state index contributed by atoms with van der Waals surface area (Å²) in [6.45, 7) is 0. The Labute approximate surface area is 187 Å². The zero-order valence-corrected chi connectivity index (χ0v) is 18.5. The van der Waals surface area contributed by atoms with E-state index in [2.05, 4.69) is 109 Å². The number of aromatic nitrogens is 1. The van der Waals surface area contributed by atoms with Crippen molar-refractivity contribution in [2.75, 3.05) is 0 Å². The van der Waals surface area contributed by atoms with Crippen LogP contribution >= 0.6 is 0 Å². The molecule has 0 aliphatic heterocycles. The van der Waals surface area contributed by atoms with Crippen molar-refractivity contribution in [2.45, 2.75) is 0 Å². The van der Waals surface area contributed by atoms with Gasteiger partial charge in [0.1, 0.15) is 0 Å². The van der Waals surface area contributed by atoms with Crippen molar-refractivity contribution in [3.63, 3.8) is 0 Å². The van der Waals surface area contributed by atoms with E-state index >= 15 is 0 Å². The first-order chi connectivity index (χ1) is 15.4. The molecule has 0 bridgehead atoms. The molecule has 6 aromatic rings. The van der Waals surface area contributed by atoms with Crippen LogP contribution in [0.5, 0.6) is 0 Å². The van der Waals surface area contributed by atoms with Gasteiger partial charge in [-0.1, -0.05) is 0 Å². The van der Waals surface area contributed by atoms with E-state index in [1.807, 2.05) is 6.20 Å². The first-order valence-electron chi connectivity index (χ1n) is 10.4. The van der Waals surface area contributed by atoms with Crippen LogP contribution in [0.3, 0.4) is 0 Å². The summed E-state index contributed by atoms with van der Waals surface area (Å²) >= 11 is 0.190. The number of pyridine rings is 1. The van der Waals surface area contributed by atoms with Crippen molar-refractivity contribution in [3.8, 4) is 11.3 Å². The van der Waals surface area contributed by atoms with Crippen LogP contribution in [0.15, 0.2) is 115 Å². The molecule has 1 heterocycles. The van der Waals surface area contributed by atoms with E-state index in [9.17, 15) is 0 Å². The van der Waals surface area contributed by atoms with Gasteiger partial charge in [-0.05, 0) is 0 Å². The number of nitrogens with zero attached hydrogens (tertiary/aromatic N) is 1. The molecule has 2 heteroatoms. The molecule has 0 radical (unpaired) electrons. The Kier molecular flexibility index (Phi) is 4.53. The second kappa shape index (κ2) is 7.67. The Morgan fingerprint density at radius 1 is 0.516 bits per heavy atom. The molecule has 0 saturated carbocycles. The van der Waals surface area contributed by atoms with Gasteiger partial charge in [0.15, 0.2) is 0 Å². The molecule has 0 atom stereocenters. The molecular weight excluding hydrogens is 441 g/mol. The average molecular weight is 460 g/mol. The Hall–Kier alpha value is -3.45. The van der Waals surface area contributed by atoms with Gasteiger partial charge in [-0.15, -0.1) is 0 Å². The number of fused-ring (bicyclic) bond motifs is 4. The van der Waals surface area contributed by atoms with Gasteiger partial charge in [-0.25, -0.2) is 0 Å². The van der Waals surface area contributed by atoms with Gasteiger partial charge >= 0.3 is 188 Å². The summed E-state index contributed by atoms with van der Waals surface area (Å²) in [6, 6.07) is 39.2. The second-order valence-corrected chi connectivity index (χ2v) is 9.96. The van der Waals surface area contributed by atoms with E-state index in [0.717, 1.165) is 5.69 Å². The van der Waals surface area contributed by atoms with Gasteiger partial charge < -0.3 is 0 Å².